The van der Waals surface area contributed by atoms with Gasteiger partial charge in [-0.05, 0) is 12.8 Å². The van der Waals surface area contributed by atoms with Crippen LogP contribution in [-0.4, -0.2) is 44.5 Å². The van der Waals surface area contributed by atoms with E-state index in [2.05, 4.69) is 4.74 Å². The molecule has 0 saturated carbocycles. The van der Waals surface area contributed by atoms with Gasteiger partial charge in [-0.25, -0.2) is 8.42 Å². The summed E-state index contributed by atoms with van der Waals surface area (Å²) in [4.78, 5) is 10.4. The molecule has 0 fully saturated rings. The van der Waals surface area contributed by atoms with E-state index in [-0.39, 0.29) is 26.4 Å². The Morgan fingerprint density at radius 3 is 1.91 bits per heavy atom. The highest BCUT2D eigenvalue weighted by molar-refractivity contribution is 7.92. The molecule has 0 aliphatic carbocycles. The van der Waals surface area contributed by atoms with Crippen LogP contribution in [0.15, 0.2) is 0 Å². The number of sulfone groups is 1. The van der Waals surface area contributed by atoms with Gasteiger partial charge in [-0.1, -0.05) is 6.42 Å². The smallest absolute Gasteiger partial charge is 0.370 e. The summed E-state index contributed by atoms with van der Waals surface area (Å²) >= 11 is 0. The first kappa shape index (κ1) is 21.0. The van der Waals surface area contributed by atoms with Crippen LogP contribution in [0.1, 0.15) is 25.7 Å². The lowest BCUT2D eigenvalue weighted by Gasteiger charge is -2.32. The Labute approximate surface area is 122 Å². The summed E-state index contributed by atoms with van der Waals surface area (Å²) < 4.78 is 103. The number of carbonyl (C=O) groups excluding carboxylic acids is 1. The number of unbranched alkanes of at least 4 members (excludes halogenated alkanes) is 2. The van der Waals surface area contributed by atoms with Gasteiger partial charge in [0.1, 0.15) is 0 Å². The number of primary amides is 1. The van der Waals surface area contributed by atoms with Crippen LogP contribution < -0.4 is 5.73 Å². The zero-order chi connectivity index (χ0) is 17.8. The highest BCUT2D eigenvalue weighted by Gasteiger charge is 2.77. The molecule has 0 spiro atoms. The van der Waals surface area contributed by atoms with E-state index < -0.39 is 45.2 Å². The van der Waals surface area contributed by atoms with Crippen molar-refractivity contribution in [2.24, 2.45) is 5.73 Å². The average Bonchev–Trinajstić information content (AvgIpc) is 2.34. The topological polar surface area (TPSA) is 86.5 Å². The first-order valence-electron chi connectivity index (χ1n) is 5.92. The van der Waals surface area contributed by atoms with Crippen LogP contribution in [0.3, 0.4) is 0 Å². The van der Waals surface area contributed by atoms with E-state index in [1.807, 2.05) is 0 Å². The van der Waals surface area contributed by atoms with Crippen molar-refractivity contribution in [1.82, 2.24) is 0 Å². The fourth-order valence-corrected chi connectivity index (χ4v) is 2.94. The number of nitrogens with two attached hydrogens (primary N) is 1. The van der Waals surface area contributed by atoms with Crippen LogP contribution in [0, 0.1) is 0 Å². The van der Waals surface area contributed by atoms with Crippen molar-refractivity contribution in [3.05, 3.63) is 0 Å². The lowest BCUT2D eigenvalue weighted by molar-refractivity contribution is -0.372. The number of carbonyl (C=O) groups is 1. The third kappa shape index (κ3) is 4.24. The van der Waals surface area contributed by atoms with Gasteiger partial charge in [0, 0.05) is 13.5 Å². The van der Waals surface area contributed by atoms with Gasteiger partial charge in [-0.2, -0.15) is 26.3 Å². The van der Waals surface area contributed by atoms with E-state index in [4.69, 9.17) is 5.73 Å². The van der Waals surface area contributed by atoms with Crippen LogP contribution >= 0.6 is 0 Å². The SMILES string of the molecule is COC(F)(C(F)(F)F)C(F)(F)S(=O)(=O)CCCCCC(N)=O. The van der Waals surface area contributed by atoms with Crippen molar-refractivity contribution in [2.45, 2.75) is 43.0 Å². The molecular formula is C10H15F6NO4S. The van der Waals surface area contributed by atoms with E-state index in [0.29, 0.717) is 0 Å². The zero-order valence-electron chi connectivity index (χ0n) is 11.4. The molecule has 132 valence electrons. The maximum atomic E-state index is 13.5. The van der Waals surface area contributed by atoms with E-state index in [0.717, 1.165) is 0 Å². The molecule has 12 heteroatoms. The second-order valence-electron chi connectivity index (χ2n) is 4.41. The Hall–Kier alpha value is -1.04. The molecule has 1 amide bonds. The van der Waals surface area contributed by atoms with Crippen LogP contribution in [-0.2, 0) is 19.4 Å². The fourth-order valence-electron chi connectivity index (χ4n) is 1.50. The van der Waals surface area contributed by atoms with Gasteiger partial charge in [0.05, 0.1) is 5.75 Å². The van der Waals surface area contributed by atoms with Crippen molar-refractivity contribution in [2.75, 3.05) is 12.9 Å². The largest absolute Gasteiger partial charge is 0.456 e. The summed E-state index contributed by atoms with van der Waals surface area (Å²) in [6, 6.07) is 0. The number of rotatable bonds is 9. The number of amides is 1. The molecule has 5 nitrogen and oxygen atoms in total. The number of hydrogen-bond donors (Lipinski definition) is 1. The van der Waals surface area contributed by atoms with Crippen LogP contribution in [0.4, 0.5) is 26.3 Å². The molecule has 0 aliphatic heterocycles. The number of halogens is 6. The Morgan fingerprint density at radius 2 is 1.55 bits per heavy atom. The van der Waals surface area contributed by atoms with Gasteiger partial charge in [0.25, 0.3) is 0 Å². The molecule has 2 N–H and O–H groups in total. The molecule has 22 heavy (non-hydrogen) atoms. The lowest BCUT2D eigenvalue weighted by atomic mass is 10.2. The van der Waals surface area contributed by atoms with E-state index in [1.165, 1.54) is 0 Å². The second-order valence-corrected chi connectivity index (χ2v) is 6.56. The molecule has 0 heterocycles. The third-order valence-corrected chi connectivity index (χ3v) is 4.62. The van der Waals surface area contributed by atoms with Gasteiger partial charge in [0.2, 0.25) is 15.7 Å². The molecule has 0 aliphatic rings. The molecule has 0 saturated heterocycles. The Kier molecular flexibility index (Phi) is 6.69. The second kappa shape index (κ2) is 7.02. The van der Waals surface area contributed by atoms with Crippen LogP contribution in [0.25, 0.3) is 0 Å². The van der Waals surface area contributed by atoms with E-state index in [1.54, 1.807) is 0 Å². The van der Waals surface area contributed by atoms with Crippen molar-refractivity contribution in [3.8, 4) is 0 Å². The molecule has 1 unspecified atom stereocenters. The third-order valence-electron chi connectivity index (χ3n) is 2.75. The van der Waals surface area contributed by atoms with Gasteiger partial charge in [-0.15, -0.1) is 0 Å². The van der Waals surface area contributed by atoms with E-state index >= 15 is 0 Å². The maximum Gasteiger partial charge on any atom is 0.456 e. The van der Waals surface area contributed by atoms with Gasteiger partial charge >= 0.3 is 17.3 Å². The van der Waals surface area contributed by atoms with E-state index in [9.17, 15) is 39.6 Å². The van der Waals surface area contributed by atoms with Crippen molar-refractivity contribution >= 4 is 15.7 Å². The van der Waals surface area contributed by atoms with Crippen LogP contribution in [0.5, 0.6) is 0 Å². The van der Waals surface area contributed by atoms with Gasteiger partial charge in [0.15, 0.2) is 0 Å². The number of alkyl halides is 6. The highest BCUT2D eigenvalue weighted by Crippen LogP contribution is 2.48. The van der Waals surface area contributed by atoms with Crippen LogP contribution in [0.2, 0.25) is 0 Å². The first-order chi connectivity index (χ1) is 9.73. The summed E-state index contributed by atoms with van der Waals surface area (Å²) in [7, 11) is -5.79. The molecular weight excluding hydrogens is 344 g/mol. The number of methoxy groups -OCH3 is 1. The predicted octanol–water partition coefficient (Wildman–Crippen LogP) is 1.91. The minimum atomic E-state index is -6.25. The summed E-state index contributed by atoms with van der Waals surface area (Å²) in [5.41, 5.74) is 4.78. The molecule has 0 bridgehead atoms. The average molecular weight is 359 g/mol. The minimum absolute atomic E-state index is 0.0101. The Morgan fingerprint density at radius 1 is 1.05 bits per heavy atom. The monoisotopic (exact) mass is 359 g/mol. The Balaban J connectivity index is 5.05. The quantitative estimate of drug-likeness (QED) is 0.503. The van der Waals surface area contributed by atoms with Crippen molar-refractivity contribution in [1.29, 1.82) is 0 Å². The first-order valence-corrected chi connectivity index (χ1v) is 7.57. The molecule has 0 aromatic carbocycles. The van der Waals surface area contributed by atoms with Crippen molar-refractivity contribution < 1.29 is 44.3 Å². The fraction of sp³-hybridized carbons (Fsp3) is 0.900. The zero-order valence-corrected chi connectivity index (χ0v) is 12.2. The summed E-state index contributed by atoms with van der Waals surface area (Å²) in [6.07, 6.45) is -6.85. The minimum Gasteiger partial charge on any atom is -0.370 e. The summed E-state index contributed by atoms with van der Waals surface area (Å²) in [6.45, 7) is 0. The number of hydrogen-bond acceptors (Lipinski definition) is 4. The van der Waals surface area contributed by atoms with Crippen molar-refractivity contribution in [3.63, 3.8) is 0 Å². The molecule has 0 rings (SSSR count). The maximum absolute atomic E-state index is 13.5. The predicted molar refractivity (Wildman–Crippen MR) is 63.3 cm³/mol. The molecule has 1 atom stereocenters. The standard InChI is InChI=1S/C10H15F6NO4S/c1-21-8(11,9(12,13)14)10(15,16)22(19,20)6-4-2-3-5-7(17)18/h2-6H2,1H3,(H2,17,18). The number of ether oxygens (including phenoxy) is 1. The molecule has 0 radical (unpaired) electrons. The van der Waals surface area contributed by atoms with Gasteiger partial charge in [-0.3, -0.25) is 4.79 Å². The van der Waals surface area contributed by atoms with Gasteiger partial charge < -0.3 is 10.5 Å². The summed E-state index contributed by atoms with van der Waals surface area (Å²) in [5, 5.41) is -5.81. The summed E-state index contributed by atoms with van der Waals surface area (Å²) in [5.74, 6) is -7.75. The normalized spacial score (nSPS) is 16.3. The highest BCUT2D eigenvalue weighted by atomic mass is 32.2. The Bertz CT molecular complexity index is 492. The molecule has 0 aromatic rings. The molecule has 0 aromatic heterocycles. The lowest BCUT2D eigenvalue weighted by Crippen LogP contribution is -2.60.